The summed E-state index contributed by atoms with van der Waals surface area (Å²) < 4.78 is 0. The maximum atomic E-state index is 12.0. The Morgan fingerprint density at radius 2 is 1.89 bits per heavy atom. The summed E-state index contributed by atoms with van der Waals surface area (Å²) in [5, 5.41) is 11.9. The van der Waals surface area contributed by atoms with Gasteiger partial charge in [0.1, 0.15) is 0 Å². The molecule has 8 nitrogen and oxygen atoms in total. The number of carbonyl (C=O) groups excluding carboxylic acids is 2. The number of non-ortho nitro benzene ring substituents is 1. The Hall–Kier alpha value is -3.68. The molecule has 138 valence electrons. The summed E-state index contributed by atoms with van der Waals surface area (Å²) in [6.07, 6.45) is 3.54. The Balaban J connectivity index is 1.46. The maximum absolute atomic E-state index is 12.0. The van der Waals surface area contributed by atoms with Crippen LogP contribution >= 0.6 is 0 Å². The third-order valence-corrected chi connectivity index (χ3v) is 4.16. The number of benzene rings is 2. The van der Waals surface area contributed by atoms with E-state index in [0.29, 0.717) is 6.42 Å². The predicted molar refractivity (Wildman–Crippen MR) is 99.9 cm³/mol. The van der Waals surface area contributed by atoms with E-state index in [4.69, 9.17) is 0 Å². The highest BCUT2D eigenvalue weighted by molar-refractivity contribution is 5.95. The van der Waals surface area contributed by atoms with Crippen LogP contribution in [0.3, 0.4) is 0 Å². The van der Waals surface area contributed by atoms with Crippen LogP contribution in [0.2, 0.25) is 0 Å². The minimum Gasteiger partial charge on any atom is -0.361 e. The Bertz CT molecular complexity index is 996. The van der Waals surface area contributed by atoms with Crippen LogP contribution in [0.4, 0.5) is 5.69 Å². The molecule has 3 aromatic rings. The van der Waals surface area contributed by atoms with Gasteiger partial charge in [-0.25, -0.2) is 0 Å². The van der Waals surface area contributed by atoms with Crippen molar-refractivity contribution in [2.75, 3.05) is 0 Å². The summed E-state index contributed by atoms with van der Waals surface area (Å²) in [5.74, 6) is -0.933. The summed E-state index contributed by atoms with van der Waals surface area (Å²) >= 11 is 0. The van der Waals surface area contributed by atoms with Gasteiger partial charge < -0.3 is 4.98 Å². The molecule has 1 heterocycles. The lowest BCUT2D eigenvalue weighted by Crippen LogP contribution is -2.41. The molecule has 3 N–H and O–H groups in total. The van der Waals surface area contributed by atoms with Gasteiger partial charge in [-0.15, -0.1) is 0 Å². The molecule has 1 aromatic heterocycles. The van der Waals surface area contributed by atoms with Crippen molar-refractivity contribution < 1.29 is 14.5 Å². The van der Waals surface area contributed by atoms with Crippen LogP contribution in [0, 0.1) is 10.1 Å². The number of hydrogen-bond acceptors (Lipinski definition) is 4. The quantitative estimate of drug-likeness (QED) is 0.459. The van der Waals surface area contributed by atoms with E-state index in [1.807, 2.05) is 30.5 Å². The zero-order chi connectivity index (χ0) is 19.2. The van der Waals surface area contributed by atoms with Crippen LogP contribution in [0.5, 0.6) is 0 Å². The van der Waals surface area contributed by atoms with Crippen molar-refractivity contribution in [1.29, 1.82) is 0 Å². The van der Waals surface area contributed by atoms with Gasteiger partial charge in [-0.2, -0.15) is 0 Å². The Morgan fingerprint density at radius 3 is 2.70 bits per heavy atom. The Morgan fingerprint density at radius 1 is 1.07 bits per heavy atom. The number of fused-ring (bicyclic) bond motifs is 1. The highest BCUT2D eigenvalue weighted by Crippen LogP contribution is 2.19. The molecule has 0 atom stereocenters. The fourth-order valence-electron chi connectivity index (χ4n) is 2.80. The van der Waals surface area contributed by atoms with Crippen molar-refractivity contribution in [2.24, 2.45) is 0 Å². The summed E-state index contributed by atoms with van der Waals surface area (Å²) in [4.78, 5) is 37.2. The van der Waals surface area contributed by atoms with Gasteiger partial charge in [-0.05, 0) is 30.5 Å². The number of nitrogens with one attached hydrogen (secondary N) is 3. The number of rotatable bonds is 6. The first-order valence-electron chi connectivity index (χ1n) is 8.43. The molecule has 0 bridgehead atoms. The number of aryl methyl sites for hydroxylation is 1. The molecule has 2 amide bonds. The summed E-state index contributed by atoms with van der Waals surface area (Å²) in [6, 6.07) is 13.2. The average Bonchev–Trinajstić information content (AvgIpc) is 3.09. The molecule has 0 unspecified atom stereocenters. The normalized spacial score (nSPS) is 10.5. The highest BCUT2D eigenvalue weighted by Gasteiger charge is 2.12. The number of aromatic nitrogens is 1. The second-order valence-corrected chi connectivity index (χ2v) is 6.02. The molecule has 3 rings (SSSR count). The molecule has 0 fully saturated rings. The Kier molecular flexibility index (Phi) is 5.46. The van der Waals surface area contributed by atoms with Crippen LogP contribution in [0.1, 0.15) is 28.8 Å². The first kappa shape index (κ1) is 18.1. The largest absolute Gasteiger partial charge is 0.361 e. The van der Waals surface area contributed by atoms with E-state index in [9.17, 15) is 19.7 Å². The summed E-state index contributed by atoms with van der Waals surface area (Å²) in [7, 11) is 0. The number of aromatic amines is 1. The average molecular weight is 366 g/mol. The van der Waals surface area contributed by atoms with E-state index in [-0.39, 0.29) is 23.6 Å². The maximum Gasteiger partial charge on any atom is 0.270 e. The SMILES string of the molecule is O=C(CCCc1c[nH]c2ccccc12)NNC(=O)c1cccc([N+](=O)[O-])c1. The van der Waals surface area contributed by atoms with Gasteiger partial charge in [-0.1, -0.05) is 24.3 Å². The second kappa shape index (κ2) is 8.13. The molecule has 0 aliphatic heterocycles. The van der Waals surface area contributed by atoms with Gasteiger partial charge in [0.05, 0.1) is 4.92 Å². The molecule has 0 saturated carbocycles. The minimum absolute atomic E-state index is 0.100. The lowest BCUT2D eigenvalue weighted by molar-refractivity contribution is -0.384. The first-order valence-corrected chi connectivity index (χ1v) is 8.43. The van der Waals surface area contributed by atoms with Crippen molar-refractivity contribution in [3.8, 4) is 0 Å². The third-order valence-electron chi connectivity index (χ3n) is 4.16. The van der Waals surface area contributed by atoms with E-state index in [1.54, 1.807) is 0 Å². The van der Waals surface area contributed by atoms with E-state index in [2.05, 4.69) is 15.8 Å². The lowest BCUT2D eigenvalue weighted by atomic mass is 10.1. The number of carbonyl (C=O) groups is 2. The van der Waals surface area contributed by atoms with Crippen LogP contribution in [-0.2, 0) is 11.2 Å². The minimum atomic E-state index is -0.608. The first-order chi connectivity index (χ1) is 13.0. The number of nitro groups is 1. The van der Waals surface area contributed by atoms with Crippen molar-refractivity contribution in [3.05, 3.63) is 76.0 Å². The van der Waals surface area contributed by atoms with Gasteiger partial charge >= 0.3 is 0 Å². The third kappa shape index (κ3) is 4.49. The standard InChI is InChI=1S/C19H18N4O4/c24-18(10-4-6-14-12-20-17-9-2-1-8-16(14)17)21-22-19(25)13-5-3-7-15(11-13)23(26)27/h1-3,5,7-9,11-12,20H,4,6,10H2,(H,21,24)(H,22,25). The number of nitro benzene ring substituents is 1. The van der Waals surface area contributed by atoms with Gasteiger partial charge in [-0.3, -0.25) is 30.6 Å². The number of amides is 2. The van der Waals surface area contributed by atoms with Gasteiger partial charge in [0.15, 0.2) is 0 Å². The number of para-hydroxylation sites is 1. The Labute approximate surface area is 154 Å². The molecule has 0 radical (unpaired) electrons. The fraction of sp³-hybridized carbons (Fsp3) is 0.158. The highest BCUT2D eigenvalue weighted by atomic mass is 16.6. The zero-order valence-corrected chi connectivity index (χ0v) is 14.4. The molecular formula is C19H18N4O4. The molecule has 0 spiro atoms. The van der Waals surface area contributed by atoms with Gasteiger partial charge in [0.2, 0.25) is 5.91 Å². The number of hydrogen-bond donors (Lipinski definition) is 3. The zero-order valence-electron chi connectivity index (χ0n) is 14.4. The van der Waals surface area contributed by atoms with Gasteiger partial charge in [0.25, 0.3) is 11.6 Å². The van der Waals surface area contributed by atoms with E-state index >= 15 is 0 Å². The summed E-state index contributed by atoms with van der Waals surface area (Å²) in [5.41, 5.74) is 6.71. The van der Waals surface area contributed by atoms with Gasteiger partial charge in [0, 0.05) is 41.2 Å². The number of hydrazine groups is 1. The monoisotopic (exact) mass is 366 g/mol. The van der Waals surface area contributed by atoms with Crippen LogP contribution in [0.15, 0.2) is 54.7 Å². The van der Waals surface area contributed by atoms with Crippen molar-refractivity contribution in [3.63, 3.8) is 0 Å². The molecule has 0 aliphatic rings. The van der Waals surface area contributed by atoms with E-state index in [1.165, 1.54) is 18.2 Å². The second-order valence-electron chi connectivity index (χ2n) is 6.02. The predicted octanol–water partition coefficient (Wildman–Crippen LogP) is 2.86. The van der Waals surface area contributed by atoms with Crippen molar-refractivity contribution in [2.45, 2.75) is 19.3 Å². The topological polar surface area (TPSA) is 117 Å². The molecule has 0 aliphatic carbocycles. The van der Waals surface area contributed by atoms with Crippen LogP contribution in [0.25, 0.3) is 10.9 Å². The summed E-state index contributed by atoms with van der Waals surface area (Å²) in [6.45, 7) is 0. The molecule has 8 heteroatoms. The molecular weight excluding hydrogens is 348 g/mol. The van der Waals surface area contributed by atoms with E-state index in [0.717, 1.165) is 29.0 Å². The van der Waals surface area contributed by atoms with Crippen molar-refractivity contribution >= 4 is 28.4 Å². The molecule has 27 heavy (non-hydrogen) atoms. The number of nitrogens with zero attached hydrogens (tertiary/aromatic N) is 1. The smallest absolute Gasteiger partial charge is 0.270 e. The molecule has 0 saturated heterocycles. The lowest BCUT2D eigenvalue weighted by Gasteiger charge is -2.07. The fourth-order valence-corrected chi connectivity index (χ4v) is 2.80. The number of H-pyrrole nitrogens is 1. The molecule has 2 aromatic carbocycles. The van der Waals surface area contributed by atoms with Crippen LogP contribution < -0.4 is 10.9 Å². The van der Waals surface area contributed by atoms with E-state index < -0.39 is 10.8 Å². The van der Waals surface area contributed by atoms with Crippen molar-refractivity contribution in [1.82, 2.24) is 15.8 Å². The van der Waals surface area contributed by atoms with Crippen LogP contribution in [-0.4, -0.2) is 21.7 Å².